The molecule has 1 aromatic rings. The Balaban J connectivity index is 1.68. The van der Waals surface area contributed by atoms with Crippen molar-refractivity contribution < 1.29 is 9.90 Å². The fraction of sp³-hybridized carbons (Fsp3) is 0.765. The molecule has 1 aliphatic rings. The Morgan fingerprint density at radius 2 is 2.17 bits per heavy atom. The van der Waals surface area contributed by atoms with E-state index in [0.717, 1.165) is 25.7 Å². The zero-order valence-electron chi connectivity index (χ0n) is 14.3. The van der Waals surface area contributed by atoms with Gasteiger partial charge in [0.15, 0.2) is 0 Å². The molecule has 0 radical (unpaired) electrons. The Labute approximate surface area is 142 Å². The van der Waals surface area contributed by atoms with Crippen molar-refractivity contribution in [2.75, 3.05) is 13.2 Å². The molecule has 3 N–H and O–H groups in total. The van der Waals surface area contributed by atoms with E-state index in [0.29, 0.717) is 13.0 Å². The fourth-order valence-corrected chi connectivity index (χ4v) is 4.05. The summed E-state index contributed by atoms with van der Waals surface area (Å²) in [6.45, 7) is 4.71. The molecular formula is C17H29N3O2S. The highest BCUT2D eigenvalue weighted by atomic mass is 32.1. The SMILES string of the molecule is CCC(C)(CCO)NC(=O)NCCCc1nc2c(s1)CCCC2. The molecule has 5 nitrogen and oxygen atoms in total. The molecule has 6 heteroatoms. The summed E-state index contributed by atoms with van der Waals surface area (Å²) in [5.74, 6) is 0. The van der Waals surface area contributed by atoms with Crippen LogP contribution in [-0.4, -0.2) is 34.8 Å². The van der Waals surface area contributed by atoms with Crippen molar-refractivity contribution in [2.24, 2.45) is 0 Å². The first-order valence-electron chi connectivity index (χ1n) is 8.70. The molecule has 23 heavy (non-hydrogen) atoms. The van der Waals surface area contributed by atoms with E-state index >= 15 is 0 Å². The van der Waals surface area contributed by atoms with E-state index in [4.69, 9.17) is 10.1 Å². The largest absolute Gasteiger partial charge is 0.396 e. The number of nitrogens with one attached hydrogen (secondary N) is 2. The van der Waals surface area contributed by atoms with Gasteiger partial charge in [-0.05, 0) is 51.9 Å². The van der Waals surface area contributed by atoms with Crippen LogP contribution >= 0.6 is 11.3 Å². The summed E-state index contributed by atoms with van der Waals surface area (Å²) in [6.07, 6.45) is 8.08. The second-order valence-corrected chi connectivity index (χ2v) is 7.73. The lowest BCUT2D eigenvalue weighted by Gasteiger charge is -2.29. The molecule has 0 aromatic carbocycles. The smallest absolute Gasteiger partial charge is 0.315 e. The van der Waals surface area contributed by atoms with Gasteiger partial charge in [0.05, 0.1) is 10.7 Å². The summed E-state index contributed by atoms with van der Waals surface area (Å²) in [7, 11) is 0. The van der Waals surface area contributed by atoms with Crippen LogP contribution < -0.4 is 10.6 Å². The maximum Gasteiger partial charge on any atom is 0.315 e. The van der Waals surface area contributed by atoms with Crippen molar-refractivity contribution in [3.05, 3.63) is 15.6 Å². The van der Waals surface area contributed by atoms with Gasteiger partial charge in [-0.15, -0.1) is 11.3 Å². The topological polar surface area (TPSA) is 74.2 Å². The van der Waals surface area contributed by atoms with E-state index < -0.39 is 0 Å². The highest BCUT2D eigenvalue weighted by Gasteiger charge is 2.23. The molecule has 1 heterocycles. The quantitative estimate of drug-likeness (QED) is 0.638. The second kappa shape index (κ2) is 8.64. The molecule has 130 valence electrons. The first kappa shape index (κ1) is 18.2. The van der Waals surface area contributed by atoms with Crippen LogP contribution in [0.2, 0.25) is 0 Å². The molecule has 0 fully saturated rings. The third kappa shape index (κ3) is 5.46. The lowest BCUT2D eigenvalue weighted by atomic mass is 9.95. The second-order valence-electron chi connectivity index (χ2n) is 6.56. The van der Waals surface area contributed by atoms with Gasteiger partial charge < -0.3 is 15.7 Å². The summed E-state index contributed by atoms with van der Waals surface area (Å²) in [5, 5.41) is 16.2. The van der Waals surface area contributed by atoms with Gasteiger partial charge in [-0.1, -0.05) is 6.92 Å². The summed E-state index contributed by atoms with van der Waals surface area (Å²) >= 11 is 1.85. The number of hydrogen-bond acceptors (Lipinski definition) is 4. The highest BCUT2D eigenvalue weighted by molar-refractivity contribution is 7.11. The zero-order valence-corrected chi connectivity index (χ0v) is 15.1. The number of aromatic nitrogens is 1. The van der Waals surface area contributed by atoms with Gasteiger partial charge in [0, 0.05) is 30.0 Å². The van der Waals surface area contributed by atoms with Crippen LogP contribution in [-0.2, 0) is 19.3 Å². The number of carbonyl (C=O) groups excluding carboxylic acids is 1. The normalized spacial score (nSPS) is 16.5. The Kier molecular flexibility index (Phi) is 6.84. The lowest BCUT2D eigenvalue weighted by Crippen LogP contribution is -2.50. The first-order chi connectivity index (χ1) is 11.1. The summed E-state index contributed by atoms with van der Waals surface area (Å²) in [6, 6.07) is -0.152. The molecule has 1 aliphatic carbocycles. The van der Waals surface area contributed by atoms with Gasteiger partial charge in [0.25, 0.3) is 0 Å². The zero-order chi connectivity index (χ0) is 16.7. The van der Waals surface area contributed by atoms with Crippen molar-refractivity contribution in [1.29, 1.82) is 0 Å². The van der Waals surface area contributed by atoms with Crippen LogP contribution in [0.4, 0.5) is 4.79 Å². The van der Waals surface area contributed by atoms with Crippen molar-refractivity contribution in [3.63, 3.8) is 0 Å². The molecule has 1 unspecified atom stereocenters. The summed E-state index contributed by atoms with van der Waals surface area (Å²) < 4.78 is 0. The minimum atomic E-state index is -0.340. The molecular weight excluding hydrogens is 310 g/mol. The van der Waals surface area contributed by atoms with Gasteiger partial charge in [0.2, 0.25) is 0 Å². The highest BCUT2D eigenvalue weighted by Crippen LogP contribution is 2.27. The first-order valence-corrected chi connectivity index (χ1v) is 9.52. The number of thiazole rings is 1. The van der Waals surface area contributed by atoms with Gasteiger partial charge in [0.1, 0.15) is 0 Å². The van der Waals surface area contributed by atoms with E-state index in [1.54, 1.807) is 0 Å². The van der Waals surface area contributed by atoms with Crippen molar-refractivity contribution >= 4 is 17.4 Å². The molecule has 0 aliphatic heterocycles. The number of nitrogens with zero attached hydrogens (tertiary/aromatic N) is 1. The summed E-state index contributed by atoms with van der Waals surface area (Å²) in [5.41, 5.74) is 0.970. The van der Waals surface area contributed by atoms with E-state index in [1.807, 2.05) is 25.2 Å². The Bertz CT molecular complexity index is 494. The minimum Gasteiger partial charge on any atom is -0.396 e. The van der Waals surface area contributed by atoms with E-state index in [9.17, 15) is 4.79 Å². The van der Waals surface area contributed by atoms with E-state index in [2.05, 4.69) is 10.6 Å². The molecule has 1 aromatic heterocycles. The van der Waals surface area contributed by atoms with Crippen molar-refractivity contribution in [1.82, 2.24) is 15.6 Å². The molecule has 2 rings (SSSR count). The van der Waals surface area contributed by atoms with Gasteiger partial charge in [-0.25, -0.2) is 9.78 Å². The lowest BCUT2D eigenvalue weighted by molar-refractivity contribution is 0.201. The Morgan fingerprint density at radius 3 is 2.87 bits per heavy atom. The Morgan fingerprint density at radius 1 is 1.39 bits per heavy atom. The third-order valence-electron chi connectivity index (χ3n) is 4.60. The number of aryl methyl sites for hydroxylation is 3. The number of fused-ring (bicyclic) bond motifs is 1. The van der Waals surface area contributed by atoms with Crippen LogP contribution in [0.3, 0.4) is 0 Å². The monoisotopic (exact) mass is 339 g/mol. The van der Waals surface area contributed by atoms with Crippen molar-refractivity contribution in [2.45, 2.75) is 70.8 Å². The van der Waals surface area contributed by atoms with Crippen LogP contribution in [0, 0.1) is 0 Å². The number of urea groups is 1. The number of hydrogen-bond donors (Lipinski definition) is 3. The third-order valence-corrected chi connectivity index (χ3v) is 5.82. The number of carbonyl (C=O) groups is 1. The van der Waals surface area contributed by atoms with Crippen LogP contribution in [0.5, 0.6) is 0 Å². The summed E-state index contributed by atoms with van der Waals surface area (Å²) in [4.78, 5) is 18.1. The number of aliphatic hydroxyl groups excluding tert-OH is 1. The van der Waals surface area contributed by atoms with E-state index in [1.165, 1.54) is 34.8 Å². The van der Waals surface area contributed by atoms with Crippen LogP contribution in [0.1, 0.15) is 61.5 Å². The molecule has 2 amide bonds. The van der Waals surface area contributed by atoms with Crippen molar-refractivity contribution in [3.8, 4) is 0 Å². The average molecular weight is 340 g/mol. The molecule has 0 saturated carbocycles. The average Bonchev–Trinajstić information content (AvgIpc) is 2.94. The van der Waals surface area contributed by atoms with E-state index in [-0.39, 0.29) is 18.2 Å². The standard InChI is InChI=1S/C17H29N3O2S/c1-3-17(2,10-12-21)20-16(22)18-11-6-9-15-19-13-7-4-5-8-14(13)23-15/h21H,3-12H2,1-2H3,(H2,18,20,22). The minimum absolute atomic E-state index is 0.0827. The Hall–Kier alpha value is -1.14. The predicted octanol–water partition coefficient (Wildman–Crippen LogP) is 2.80. The molecule has 0 spiro atoms. The molecule has 0 bridgehead atoms. The number of amides is 2. The maximum absolute atomic E-state index is 11.9. The van der Waals surface area contributed by atoms with Gasteiger partial charge >= 0.3 is 6.03 Å². The number of rotatable bonds is 8. The van der Waals surface area contributed by atoms with Crippen LogP contribution in [0.25, 0.3) is 0 Å². The predicted molar refractivity (Wildman–Crippen MR) is 94.0 cm³/mol. The molecule has 1 atom stereocenters. The number of aliphatic hydroxyl groups is 1. The van der Waals surface area contributed by atoms with Gasteiger partial charge in [-0.3, -0.25) is 0 Å². The molecule has 0 saturated heterocycles. The van der Waals surface area contributed by atoms with Gasteiger partial charge in [-0.2, -0.15) is 0 Å². The van der Waals surface area contributed by atoms with Crippen LogP contribution in [0.15, 0.2) is 0 Å². The fourth-order valence-electron chi connectivity index (χ4n) is 2.85. The maximum atomic E-state index is 11.9.